The molecule has 0 radical (unpaired) electrons. The number of esters is 1. The molecule has 4 atom stereocenters. The van der Waals surface area contributed by atoms with Crippen LogP contribution < -0.4 is 30.0 Å². The average molecular weight is 1410 g/mol. The Bertz CT molecular complexity index is 3070. The Kier molecular flexibility index (Phi) is 42.0. The number of unbranched alkanes of at least 4 members (excludes halogenated alkanes) is 34. The summed E-state index contributed by atoms with van der Waals surface area (Å²) in [6, 6.07) is 30.3. The molecule has 1 amide bonds. The van der Waals surface area contributed by atoms with Crippen LogP contribution in [0.3, 0.4) is 0 Å². The van der Waals surface area contributed by atoms with E-state index in [1.165, 1.54) is 204 Å². The van der Waals surface area contributed by atoms with Gasteiger partial charge in [0, 0.05) is 25.3 Å². The number of para-hydroxylation sites is 1. The number of rotatable bonds is 59. The minimum atomic E-state index is -1.31. The van der Waals surface area contributed by atoms with Gasteiger partial charge in [-0.25, -0.2) is 4.79 Å². The molecule has 0 unspecified atom stereocenters. The lowest BCUT2D eigenvalue weighted by Gasteiger charge is -2.37. The van der Waals surface area contributed by atoms with Crippen molar-refractivity contribution in [1.29, 1.82) is 0 Å². The van der Waals surface area contributed by atoms with Crippen molar-refractivity contribution >= 4 is 23.5 Å². The minimum absolute atomic E-state index is 0.0311. The van der Waals surface area contributed by atoms with E-state index in [-0.39, 0.29) is 49.8 Å². The van der Waals surface area contributed by atoms with Crippen molar-refractivity contribution < 1.29 is 57.0 Å². The Morgan fingerprint density at radius 3 is 1.41 bits per heavy atom. The molecule has 1 saturated heterocycles. The van der Waals surface area contributed by atoms with Crippen LogP contribution in [0.25, 0.3) is 0 Å². The molecule has 0 saturated carbocycles. The topological polar surface area (TPSA) is 181 Å². The third-order valence-electron chi connectivity index (χ3n) is 19.8. The Labute approximate surface area is 613 Å². The third kappa shape index (κ3) is 29.9. The van der Waals surface area contributed by atoms with E-state index in [0.717, 1.165) is 55.2 Å². The van der Waals surface area contributed by atoms with E-state index in [4.69, 9.17) is 42.6 Å². The molecule has 1 aromatic heterocycles. The first-order valence-corrected chi connectivity index (χ1v) is 39.7. The predicted molar refractivity (Wildman–Crippen MR) is 410 cm³/mol. The highest BCUT2D eigenvalue weighted by atomic mass is 16.6. The lowest BCUT2D eigenvalue weighted by atomic mass is 9.80. The Morgan fingerprint density at radius 2 is 0.961 bits per heavy atom. The van der Waals surface area contributed by atoms with Crippen molar-refractivity contribution in [1.82, 2.24) is 9.55 Å². The van der Waals surface area contributed by atoms with Crippen molar-refractivity contribution in [3.8, 4) is 23.0 Å². The van der Waals surface area contributed by atoms with Crippen LogP contribution in [0.2, 0.25) is 0 Å². The largest absolute Gasteiger partial charge is 0.497 e. The molecule has 0 bridgehead atoms. The van der Waals surface area contributed by atoms with Gasteiger partial charge in [-0.15, -0.1) is 0 Å². The second kappa shape index (κ2) is 50.7. The van der Waals surface area contributed by atoms with Crippen molar-refractivity contribution in [3.05, 3.63) is 142 Å². The molecule has 5 aromatic rings. The first-order chi connectivity index (χ1) is 50.0. The average Bonchev–Trinajstić information content (AvgIpc) is 0.865. The minimum Gasteiger partial charge on any atom is -0.497 e. The molecule has 6 rings (SSSR count). The van der Waals surface area contributed by atoms with Crippen molar-refractivity contribution in [2.24, 2.45) is 0 Å². The number of nitrogens with one attached hydrogen (secondary N) is 1. The fraction of sp³-hybridized carbons (Fsp3) is 0.640. The van der Waals surface area contributed by atoms with Crippen molar-refractivity contribution in [3.63, 3.8) is 0 Å². The molecular formula is C86H129N3O13. The molecule has 2 heterocycles. The number of aromatic nitrogens is 2. The molecule has 0 aliphatic carbocycles. The van der Waals surface area contributed by atoms with E-state index in [0.29, 0.717) is 41.8 Å². The van der Waals surface area contributed by atoms with E-state index < -0.39 is 47.7 Å². The molecule has 1 aliphatic heterocycles. The summed E-state index contributed by atoms with van der Waals surface area (Å²) in [4.78, 5) is 60.0. The molecular weight excluding hydrogens is 1280 g/mol. The van der Waals surface area contributed by atoms with Gasteiger partial charge in [-0.3, -0.25) is 14.2 Å². The number of carbonyl (C=O) groups excluding carboxylic acids is 3. The zero-order chi connectivity index (χ0) is 72.7. The van der Waals surface area contributed by atoms with Crippen molar-refractivity contribution in [2.75, 3.05) is 59.7 Å². The summed E-state index contributed by atoms with van der Waals surface area (Å²) >= 11 is 0. The van der Waals surface area contributed by atoms with E-state index in [2.05, 4.69) is 24.1 Å². The number of ketones is 1. The molecule has 1 N–H and O–H groups in total. The van der Waals surface area contributed by atoms with Gasteiger partial charge in [-0.1, -0.05) is 293 Å². The zero-order valence-electron chi connectivity index (χ0n) is 63.7. The number of anilines is 1. The standard InChI is InChI=1S/C86H129N3O13/c1-8-10-12-14-16-18-20-22-24-26-28-30-32-34-36-38-40-45-62-97-76-51-47-50-75(79(76)98-63-46-41-39-37-35-33-31-29-27-25-23-21-19-17-15-13-11-9-2)83(92)87-82-68(3)66-89(85(93)88-82)84-81(99-65-64-94-5)80(102-78(91)61-52-69(4)90)77(101-84)67-100-86(70-48-43-42-44-49-70,71-53-57-73(95-6)58-54-71)72-55-59-74(96-7)60-56-72/h42-44,47-51,53-60,66,77,80-81,84H,8-41,45-46,52,61-65,67H2,1-7H3,(H,87,88,92,93)/t77-,80-,81-,84-/m1/s1. The molecule has 1 aliphatic rings. The maximum atomic E-state index is 14.7. The van der Waals surface area contributed by atoms with E-state index >= 15 is 0 Å². The number of amides is 1. The highest BCUT2D eigenvalue weighted by molar-refractivity contribution is 6.06. The summed E-state index contributed by atoms with van der Waals surface area (Å²) in [5, 5.41) is 2.94. The maximum Gasteiger partial charge on any atom is 0.351 e. The molecule has 16 heteroatoms. The van der Waals surface area contributed by atoms with Gasteiger partial charge < -0.3 is 52.7 Å². The number of ether oxygens (including phenoxy) is 9. The normalized spacial score (nSPS) is 15.2. The molecule has 0 spiro atoms. The van der Waals surface area contributed by atoms with E-state index in [1.54, 1.807) is 46.6 Å². The van der Waals surface area contributed by atoms with Gasteiger partial charge in [-0.05, 0) is 79.8 Å². The van der Waals surface area contributed by atoms with Gasteiger partial charge >= 0.3 is 11.7 Å². The van der Waals surface area contributed by atoms with Crippen molar-refractivity contribution in [2.45, 2.75) is 302 Å². The fourth-order valence-corrected chi connectivity index (χ4v) is 13.8. The molecule has 1 fully saturated rings. The van der Waals surface area contributed by atoms with E-state index in [9.17, 15) is 19.2 Å². The number of hydrogen-bond donors (Lipinski definition) is 1. The maximum absolute atomic E-state index is 14.7. The quantitative estimate of drug-likeness (QED) is 0.0220. The zero-order valence-corrected chi connectivity index (χ0v) is 63.7. The lowest BCUT2D eigenvalue weighted by Crippen LogP contribution is -2.43. The Balaban J connectivity index is 1.15. The van der Waals surface area contributed by atoms with Crippen LogP contribution in [-0.2, 0) is 38.9 Å². The summed E-state index contributed by atoms with van der Waals surface area (Å²) in [5.41, 5.74) is 0.894. The number of hydrogen-bond acceptors (Lipinski definition) is 14. The summed E-state index contributed by atoms with van der Waals surface area (Å²) in [6.07, 6.45) is 43.2. The summed E-state index contributed by atoms with van der Waals surface area (Å²) < 4.78 is 58.0. The van der Waals surface area contributed by atoms with Crippen LogP contribution in [-0.4, -0.2) is 99.9 Å². The fourth-order valence-electron chi connectivity index (χ4n) is 13.8. The van der Waals surface area contributed by atoms with Gasteiger partial charge in [0.2, 0.25) is 0 Å². The SMILES string of the molecule is CCCCCCCCCCCCCCCCCCCCOc1cccc(C(=O)Nc2nc(=O)n([C@@H]3O[C@H](COC(c4ccccc4)(c4ccc(OC)cc4)c4ccc(OC)cc4)[C@@H](OC(=O)CCC(C)=O)[C@H]3OCCOC)cc2C)c1OCCCCCCCCCCCCCCCCCCCC. The first-order valence-electron chi connectivity index (χ1n) is 39.7. The van der Waals surface area contributed by atoms with Gasteiger partial charge in [0.15, 0.2) is 23.8 Å². The van der Waals surface area contributed by atoms with E-state index in [1.807, 2.05) is 84.9 Å². The monoisotopic (exact) mass is 1410 g/mol. The number of benzene rings is 4. The van der Waals surface area contributed by atoms with Gasteiger partial charge in [0.05, 0.1) is 59.2 Å². The molecule has 4 aromatic carbocycles. The smallest absolute Gasteiger partial charge is 0.351 e. The van der Waals surface area contributed by atoms with Gasteiger partial charge in [-0.2, -0.15) is 4.98 Å². The van der Waals surface area contributed by atoms with Crippen LogP contribution in [0.1, 0.15) is 304 Å². The van der Waals surface area contributed by atoms with Crippen LogP contribution in [0.15, 0.2) is 108 Å². The number of carbonyl (C=O) groups is 3. The lowest BCUT2D eigenvalue weighted by molar-refractivity contribution is -0.161. The van der Waals surface area contributed by atoms with Crippen LogP contribution in [0, 0.1) is 6.92 Å². The number of Topliss-reactive ketones (excluding diaryl/α,β-unsaturated/α-hetero) is 1. The Morgan fingerprint density at radius 1 is 0.510 bits per heavy atom. The second-order valence-electron chi connectivity index (χ2n) is 28.1. The van der Waals surface area contributed by atoms with Gasteiger partial charge in [0.25, 0.3) is 5.91 Å². The number of methoxy groups -OCH3 is 3. The first kappa shape index (κ1) is 84.3. The molecule has 102 heavy (non-hydrogen) atoms. The number of nitrogens with zero attached hydrogens (tertiary/aromatic N) is 2. The highest BCUT2D eigenvalue weighted by Gasteiger charge is 2.51. The summed E-state index contributed by atoms with van der Waals surface area (Å²) in [5.74, 6) is 0.822. The van der Waals surface area contributed by atoms with Gasteiger partial charge in [0.1, 0.15) is 40.9 Å². The van der Waals surface area contributed by atoms with Crippen LogP contribution in [0.5, 0.6) is 23.0 Å². The highest BCUT2D eigenvalue weighted by Crippen LogP contribution is 2.44. The summed E-state index contributed by atoms with van der Waals surface area (Å²) in [6.45, 7) is 8.60. The third-order valence-corrected chi connectivity index (χ3v) is 19.8. The molecule has 16 nitrogen and oxygen atoms in total. The predicted octanol–water partition coefficient (Wildman–Crippen LogP) is 20.9. The van der Waals surface area contributed by atoms with Crippen LogP contribution in [0.4, 0.5) is 5.82 Å². The molecule has 566 valence electrons. The van der Waals surface area contributed by atoms with Crippen LogP contribution >= 0.6 is 0 Å². The summed E-state index contributed by atoms with van der Waals surface area (Å²) in [7, 11) is 4.75. The number of aryl methyl sites for hydroxylation is 1. The second-order valence-corrected chi connectivity index (χ2v) is 28.1. The Hall–Kier alpha value is -6.59.